The van der Waals surface area contributed by atoms with Crippen molar-refractivity contribution in [1.29, 1.82) is 0 Å². The average Bonchev–Trinajstić information content (AvgIpc) is 3.07. The van der Waals surface area contributed by atoms with E-state index in [0.717, 1.165) is 26.6 Å². The highest BCUT2D eigenvalue weighted by atomic mass is 32.2. The number of hydrogen-bond acceptors (Lipinski definition) is 3. The Hall–Kier alpha value is -2.05. The topological polar surface area (TPSA) is 39.1 Å². The number of fused-ring (bicyclic) bond motifs is 3. The summed E-state index contributed by atoms with van der Waals surface area (Å²) in [7, 11) is -1.80. The van der Waals surface area contributed by atoms with Crippen LogP contribution in [0.15, 0.2) is 64.9 Å². The van der Waals surface area contributed by atoms with Crippen LogP contribution in [0.2, 0.25) is 0 Å². The van der Waals surface area contributed by atoms with Crippen molar-refractivity contribution in [1.82, 2.24) is 3.97 Å². The molecule has 6 heteroatoms. The minimum absolute atomic E-state index is 0.353. The number of benzene rings is 2. The monoisotopic (exact) mass is 325 g/mol. The quantitative estimate of drug-likeness (QED) is 0.531. The van der Waals surface area contributed by atoms with Gasteiger partial charge >= 0.3 is 0 Å². The third-order valence-corrected chi connectivity index (χ3v) is 6.74. The van der Waals surface area contributed by atoms with E-state index in [9.17, 15) is 8.42 Å². The van der Waals surface area contributed by atoms with Crippen LogP contribution in [0.25, 0.3) is 21.1 Å². The lowest BCUT2D eigenvalue weighted by Gasteiger charge is -2.10. The molecule has 0 aliphatic rings. The fraction of sp³-hybridized carbons (Fsp3) is 0. The van der Waals surface area contributed by atoms with Gasteiger partial charge in [-0.15, -0.1) is 11.3 Å². The minimum atomic E-state index is -3.62. The SMILES string of the molecule is Bc1ccccc1S(=O)(=O)n1c2ccccc2c2ccsc21. The Morgan fingerprint density at radius 3 is 2.45 bits per heavy atom. The van der Waals surface area contributed by atoms with Gasteiger partial charge in [0.15, 0.2) is 0 Å². The van der Waals surface area contributed by atoms with Crippen LogP contribution in [0.3, 0.4) is 0 Å². The van der Waals surface area contributed by atoms with Crippen LogP contribution in [0, 0.1) is 0 Å². The Morgan fingerprint density at radius 2 is 1.64 bits per heavy atom. The van der Waals surface area contributed by atoms with Gasteiger partial charge in [-0.2, -0.15) is 0 Å². The van der Waals surface area contributed by atoms with E-state index in [0.29, 0.717) is 4.90 Å². The molecule has 0 radical (unpaired) electrons. The molecule has 0 unspecified atom stereocenters. The second-order valence-electron chi connectivity index (χ2n) is 5.19. The van der Waals surface area contributed by atoms with Gasteiger partial charge in [-0.3, -0.25) is 0 Å². The Bertz CT molecular complexity index is 1110. The molecular weight excluding hydrogens is 313 g/mol. The lowest BCUT2D eigenvalue weighted by atomic mass is 9.97. The minimum Gasteiger partial charge on any atom is -0.224 e. The predicted octanol–water partition coefficient (Wildman–Crippen LogP) is 2.35. The maximum atomic E-state index is 13.2. The van der Waals surface area contributed by atoms with E-state index < -0.39 is 10.0 Å². The molecule has 108 valence electrons. The first-order chi connectivity index (χ1) is 10.6. The maximum Gasteiger partial charge on any atom is 0.268 e. The van der Waals surface area contributed by atoms with Crippen LogP contribution in [-0.2, 0) is 10.0 Å². The Morgan fingerprint density at radius 1 is 0.909 bits per heavy atom. The summed E-state index contributed by atoms with van der Waals surface area (Å²) in [5.74, 6) is 0. The van der Waals surface area contributed by atoms with Gasteiger partial charge in [0.2, 0.25) is 0 Å². The molecule has 0 spiro atoms. The molecule has 4 rings (SSSR count). The number of thiophene rings is 1. The van der Waals surface area contributed by atoms with Crippen molar-refractivity contribution in [3.8, 4) is 0 Å². The summed E-state index contributed by atoms with van der Waals surface area (Å²) in [6.07, 6.45) is 0. The van der Waals surface area contributed by atoms with E-state index in [1.807, 2.05) is 55.7 Å². The van der Waals surface area contributed by atoms with Gasteiger partial charge in [-0.05, 0) is 23.6 Å². The van der Waals surface area contributed by atoms with Gasteiger partial charge in [-0.1, -0.05) is 41.9 Å². The van der Waals surface area contributed by atoms with Crippen LogP contribution >= 0.6 is 11.3 Å². The molecular formula is C16H12BNO2S2. The van der Waals surface area contributed by atoms with Gasteiger partial charge in [0, 0.05) is 10.8 Å². The molecule has 0 aliphatic heterocycles. The molecule has 3 nitrogen and oxygen atoms in total. The Balaban J connectivity index is 2.16. The van der Waals surface area contributed by atoms with Crippen LogP contribution in [-0.4, -0.2) is 20.2 Å². The number of hydrogen-bond donors (Lipinski definition) is 0. The normalized spacial score (nSPS) is 12.2. The van der Waals surface area contributed by atoms with Crippen LogP contribution in [0.4, 0.5) is 0 Å². The van der Waals surface area contributed by atoms with Gasteiger partial charge in [0.1, 0.15) is 12.7 Å². The maximum absolute atomic E-state index is 13.2. The summed E-state index contributed by atoms with van der Waals surface area (Å²) in [6, 6.07) is 16.7. The predicted molar refractivity (Wildman–Crippen MR) is 94.5 cm³/mol. The van der Waals surface area contributed by atoms with Crippen molar-refractivity contribution in [3.05, 3.63) is 60.0 Å². The molecule has 2 heterocycles. The zero-order valence-corrected chi connectivity index (χ0v) is 13.5. The molecule has 0 bridgehead atoms. The van der Waals surface area contributed by atoms with Crippen molar-refractivity contribution in [2.24, 2.45) is 0 Å². The van der Waals surface area contributed by atoms with E-state index >= 15 is 0 Å². The standard InChI is InChI=1S/C16H12BNO2S2/c17-13-6-2-4-8-15(13)22(19,20)18-14-7-3-1-5-11(14)12-9-10-21-16(12)18/h1-10H,17H2. The lowest BCUT2D eigenvalue weighted by Crippen LogP contribution is -2.20. The van der Waals surface area contributed by atoms with E-state index in [2.05, 4.69) is 0 Å². The Kier molecular flexibility index (Phi) is 2.92. The third kappa shape index (κ3) is 1.77. The number of aromatic nitrogens is 1. The van der Waals surface area contributed by atoms with E-state index in [-0.39, 0.29) is 0 Å². The van der Waals surface area contributed by atoms with Crippen molar-refractivity contribution >= 4 is 55.8 Å². The molecule has 2 aromatic heterocycles. The average molecular weight is 325 g/mol. The summed E-state index contributed by atoms with van der Waals surface area (Å²) in [5, 5.41) is 3.88. The molecule has 0 fully saturated rings. The smallest absolute Gasteiger partial charge is 0.224 e. The Labute approximate surface area is 133 Å². The zero-order valence-electron chi connectivity index (χ0n) is 11.9. The highest BCUT2D eigenvalue weighted by Gasteiger charge is 2.24. The molecule has 0 amide bonds. The first-order valence-corrected chi connectivity index (χ1v) is 9.20. The number of para-hydroxylation sites is 1. The summed E-state index contributed by atoms with van der Waals surface area (Å²) in [6.45, 7) is 0. The van der Waals surface area contributed by atoms with Crippen LogP contribution < -0.4 is 5.46 Å². The zero-order chi connectivity index (χ0) is 15.3. The fourth-order valence-electron chi connectivity index (χ4n) is 2.83. The summed E-state index contributed by atoms with van der Waals surface area (Å²) < 4.78 is 27.9. The third-order valence-electron chi connectivity index (χ3n) is 3.85. The molecule has 2 aromatic carbocycles. The second-order valence-corrected chi connectivity index (χ2v) is 7.84. The van der Waals surface area contributed by atoms with Gasteiger partial charge in [0.05, 0.1) is 10.4 Å². The van der Waals surface area contributed by atoms with Gasteiger partial charge < -0.3 is 0 Å². The summed E-state index contributed by atoms with van der Waals surface area (Å²) >= 11 is 1.45. The lowest BCUT2D eigenvalue weighted by molar-refractivity contribution is 0.591. The van der Waals surface area contributed by atoms with Crippen molar-refractivity contribution in [2.75, 3.05) is 0 Å². The van der Waals surface area contributed by atoms with Gasteiger partial charge in [0.25, 0.3) is 10.0 Å². The van der Waals surface area contributed by atoms with Gasteiger partial charge in [-0.25, -0.2) is 12.4 Å². The molecule has 0 saturated heterocycles. The molecule has 0 N–H and O–H groups in total. The first kappa shape index (κ1) is 13.6. The molecule has 0 aliphatic carbocycles. The highest BCUT2D eigenvalue weighted by Crippen LogP contribution is 2.35. The van der Waals surface area contributed by atoms with Crippen molar-refractivity contribution in [2.45, 2.75) is 4.90 Å². The largest absolute Gasteiger partial charge is 0.268 e. The fourth-order valence-corrected chi connectivity index (χ4v) is 5.75. The van der Waals surface area contributed by atoms with Crippen molar-refractivity contribution < 1.29 is 8.42 Å². The first-order valence-electron chi connectivity index (χ1n) is 6.88. The molecule has 0 atom stereocenters. The number of nitrogens with zero attached hydrogens (tertiary/aromatic N) is 1. The number of rotatable bonds is 2. The van der Waals surface area contributed by atoms with E-state index in [1.165, 1.54) is 15.3 Å². The van der Waals surface area contributed by atoms with Crippen molar-refractivity contribution in [3.63, 3.8) is 0 Å². The van der Waals surface area contributed by atoms with E-state index in [4.69, 9.17) is 0 Å². The summed E-state index contributed by atoms with van der Waals surface area (Å²) in [4.78, 5) is 1.12. The van der Waals surface area contributed by atoms with E-state index in [1.54, 1.807) is 12.1 Å². The second kappa shape index (κ2) is 4.73. The molecule has 0 saturated carbocycles. The highest BCUT2D eigenvalue weighted by molar-refractivity contribution is 7.90. The molecule has 4 aromatic rings. The van der Waals surface area contributed by atoms with Crippen LogP contribution in [0.5, 0.6) is 0 Å². The summed E-state index contributed by atoms with van der Waals surface area (Å²) in [5.41, 5.74) is 1.48. The molecule has 22 heavy (non-hydrogen) atoms. The van der Waals surface area contributed by atoms with Crippen LogP contribution in [0.1, 0.15) is 0 Å².